The summed E-state index contributed by atoms with van der Waals surface area (Å²) in [5.41, 5.74) is 0.217. The number of hydrogen-bond donors (Lipinski definition) is 2. The molecule has 0 aromatic heterocycles. The number of fused-ring (bicyclic) bond motifs is 5. The van der Waals surface area contributed by atoms with Crippen LogP contribution >= 0.6 is 11.6 Å². The minimum Gasteiger partial charge on any atom is -0.353 e. The van der Waals surface area contributed by atoms with E-state index in [4.69, 9.17) is 11.6 Å². The van der Waals surface area contributed by atoms with E-state index in [1.54, 1.807) is 0 Å². The Hall–Kier alpha value is -1.62. The van der Waals surface area contributed by atoms with Gasteiger partial charge in [-0.05, 0) is 67.6 Å². The lowest BCUT2D eigenvalue weighted by molar-refractivity contribution is -0.122. The minimum atomic E-state index is -0.485. The highest BCUT2D eigenvalue weighted by Crippen LogP contribution is 2.58. The average molecular weight is 379 g/mol. The van der Waals surface area contributed by atoms with E-state index in [-0.39, 0.29) is 29.5 Å². The second-order valence-corrected chi connectivity index (χ2v) is 8.37. The van der Waals surface area contributed by atoms with Crippen molar-refractivity contribution in [2.45, 2.75) is 44.6 Å². The number of carbonyl (C=O) groups is 2. The summed E-state index contributed by atoms with van der Waals surface area (Å²) in [6.07, 6.45) is 6.69. The first-order chi connectivity index (χ1) is 12.5. The summed E-state index contributed by atoms with van der Waals surface area (Å²) in [4.78, 5) is 24.3. The van der Waals surface area contributed by atoms with Crippen molar-refractivity contribution in [2.24, 2.45) is 23.7 Å². The SMILES string of the molecule is O=C(CCNC(=O)c1ccc(F)cc1Cl)N[C@@H]1C[C@H]2C[C@H]1[C@H]1CCC[C@@H]21. The van der Waals surface area contributed by atoms with Crippen LogP contribution in [-0.4, -0.2) is 24.4 Å². The van der Waals surface area contributed by atoms with Crippen LogP contribution in [0.2, 0.25) is 5.02 Å². The van der Waals surface area contributed by atoms with Crippen LogP contribution in [0.25, 0.3) is 0 Å². The monoisotopic (exact) mass is 378 g/mol. The van der Waals surface area contributed by atoms with Crippen LogP contribution < -0.4 is 10.6 Å². The topological polar surface area (TPSA) is 58.2 Å². The van der Waals surface area contributed by atoms with E-state index in [1.165, 1.54) is 37.8 Å². The van der Waals surface area contributed by atoms with Gasteiger partial charge in [-0.3, -0.25) is 9.59 Å². The van der Waals surface area contributed by atoms with Crippen LogP contribution in [0.15, 0.2) is 18.2 Å². The third-order valence-electron chi connectivity index (χ3n) is 6.59. The molecule has 4 rings (SSSR count). The highest BCUT2D eigenvalue weighted by Gasteiger charge is 2.53. The summed E-state index contributed by atoms with van der Waals surface area (Å²) >= 11 is 5.88. The number of nitrogens with one attached hydrogen (secondary N) is 2. The Morgan fingerprint density at radius 2 is 1.96 bits per heavy atom. The van der Waals surface area contributed by atoms with Gasteiger partial charge in [0.2, 0.25) is 5.91 Å². The number of amides is 2. The van der Waals surface area contributed by atoms with E-state index in [0.29, 0.717) is 12.0 Å². The molecule has 0 saturated heterocycles. The first kappa shape index (κ1) is 17.8. The molecule has 0 unspecified atom stereocenters. The fourth-order valence-corrected chi connectivity index (χ4v) is 5.82. The molecule has 26 heavy (non-hydrogen) atoms. The molecule has 3 aliphatic carbocycles. The molecule has 140 valence electrons. The van der Waals surface area contributed by atoms with Crippen LogP contribution in [0.1, 0.15) is 48.9 Å². The van der Waals surface area contributed by atoms with Crippen molar-refractivity contribution in [3.8, 4) is 0 Å². The zero-order valence-corrected chi connectivity index (χ0v) is 15.4. The molecule has 3 aliphatic rings. The Morgan fingerprint density at radius 3 is 2.77 bits per heavy atom. The van der Waals surface area contributed by atoms with Gasteiger partial charge in [0.15, 0.2) is 0 Å². The molecule has 0 heterocycles. The number of hydrogen-bond acceptors (Lipinski definition) is 2. The quantitative estimate of drug-likeness (QED) is 0.823. The van der Waals surface area contributed by atoms with Crippen molar-refractivity contribution < 1.29 is 14.0 Å². The lowest BCUT2D eigenvalue weighted by atomic mass is 9.79. The molecule has 2 bridgehead atoms. The largest absolute Gasteiger partial charge is 0.353 e. The Kier molecular flexibility index (Phi) is 4.91. The summed E-state index contributed by atoms with van der Waals surface area (Å²) in [7, 11) is 0. The number of rotatable bonds is 5. The van der Waals surface area contributed by atoms with Gasteiger partial charge in [-0.1, -0.05) is 18.0 Å². The van der Waals surface area contributed by atoms with Gasteiger partial charge in [-0.25, -0.2) is 4.39 Å². The molecule has 0 radical (unpaired) electrons. The predicted octanol–water partition coefficient (Wildman–Crippen LogP) is 3.54. The van der Waals surface area contributed by atoms with Crippen LogP contribution in [0.5, 0.6) is 0 Å². The van der Waals surface area contributed by atoms with Crippen molar-refractivity contribution in [2.75, 3.05) is 6.54 Å². The van der Waals surface area contributed by atoms with Gasteiger partial charge in [-0.2, -0.15) is 0 Å². The summed E-state index contributed by atoms with van der Waals surface area (Å²) < 4.78 is 13.0. The van der Waals surface area contributed by atoms with Gasteiger partial charge >= 0.3 is 0 Å². The van der Waals surface area contributed by atoms with Crippen LogP contribution in [0.4, 0.5) is 4.39 Å². The minimum absolute atomic E-state index is 0.0115. The summed E-state index contributed by atoms with van der Waals surface area (Å²) in [5.74, 6) is 2.30. The van der Waals surface area contributed by atoms with Gasteiger partial charge in [0.25, 0.3) is 5.91 Å². The van der Waals surface area contributed by atoms with E-state index >= 15 is 0 Å². The van der Waals surface area contributed by atoms with Crippen molar-refractivity contribution in [3.63, 3.8) is 0 Å². The molecular weight excluding hydrogens is 355 g/mol. The molecule has 6 heteroatoms. The predicted molar refractivity (Wildman–Crippen MR) is 97.3 cm³/mol. The average Bonchev–Trinajstić information content (AvgIpc) is 3.27. The molecule has 0 aliphatic heterocycles. The molecule has 5 atom stereocenters. The maximum absolute atomic E-state index is 13.0. The second kappa shape index (κ2) is 7.18. The molecule has 3 saturated carbocycles. The van der Waals surface area contributed by atoms with E-state index in [2.05, 4.69) is 10.6 Å². The Balaban J connectivity index is 1.23. The smallest absolute Gasteiger partial charge is 0.252 e. The normalized spacial score (nSPS) is 31.7. The third kappa shape index (κ3) is 3.34. The Morgan fingerprint density at radius 1 is 1.15 bits per heavy atom. The molecule has 2 N–H and O–H groups in total. The fourth-order valence-electron chi connectivity index (χ4n) is 5.57. The second-order valence-electron chi connectivity index (χ2n) is 7.96. The molecule has 4 nitrogen and oxygen atoms in total. The fraction of sp³-hybridized carbons (Fsp3) is 0.600. The Bertz CT molecular complexity index is 726. The maximum atomic E-state index is 13.0. The van der Waals surface area contributed by atoms with Crippen LogP contribution in [0, 0.1) is 29.5 Å². The van der Waals surface area contributed by atoms with E-state index in [0.717, 1.165) is 30.2 Å². The van der Waals surface area contributed by atoms with E-state index in [9.17, 15) is 14.0 Å². The van der Waals surface area contributed by atoms with Gasteiger partial charge < -0.3 is 10.6 Å². The van der Waals surface area contributed by atoms with Crippen molar-refractivity contribution in [3.05, 3.63) is 34.6 Å². The van der Waals surface area contributed by atoms with Gasteiger partial charge in [0, 0.05) is 19.0 Å². The number of benzene rings is 1. The van der Waals surface area contributed by atoms with E-state index in [1.807, 2.05) is 0 Å². The van der Waals surface area contributed by atoms with E-state index < -0.39 is 11.7 Å². The molecule has 2 amide bonds. The molecular formula is C20H24ClFN2O2. The third-order valence-corrected chi connectivity index (χ3v) is 6.90. The lowest BCUT2D eigenvalue weighted by Gasteiger charge is -2.32. The Labute approximate surface area is 157 Å². The highest BCUT2D eigenvalue weighted by atomic mass is 35.5. The summed E-state index contributed by atoms with van der Waals surface area (Å²) in [6, 6.07) is 3.96. The molecule has 3 fully saturated rings. The molecule has 1 aromatic rings. The van der Waals surface area contributed by atoms with Gasteiger partial charge in [0.05, 0.1) is 10.6 Å². The summed E-state index contributed by atoms with van der Waals surface area (Å²) in [6.45, 7) is 0.241. The van der Waals surface area contributed by atoms with Crippen LogP contribution in [0.3, 0.4) is 0 Å². The summed E-state index contributed by atoms with van der Waals surface area (Å²) in [5, 5.41) is 5.94. The van der Waals surface area contributed by atoms with Crippen molar-refractivity contribution in [1.82, 2.24) is 10.6 Å². The van der Waals surface area contributed by atoms with Crippen LogP contribution in [-0.2, 0) is 4.79 Å². The van der Waals surface area contributed by atoms with Gasteiger partial charge in [-0.15, -0.1) is 0 Å². The number of halogens is 2. The molecule has 0 spiro atoms. The standard InChI is InChI=1S/C20H24ClFN2O2/c21-17-10-12(22)4-5-15(17)20(26)23-7-6-19(25)24-18-9-11-8-16(18)14-3-1-2-13(11)14/h4-5,10-11,13-14,16,18H,1-3,6-9H2,(H,23,26)(H,24,25)/t11-,13+,14+,16+,18-/m1/s1. The number of carbonyl (C=O) groups excluding carboxylic acids is 2. The first-order valence-corrected chi connectivity index (χ1v) is 9.93. The zero-order valence-electron chi connectivity index (χ0n) is 14.6. The van der Waals surface area contributed by atoms with Gasteiger partial charge in [0.1, 0.15) is 5.82 Å². The lowest BCUT2D eigenvalue weighted by Crippen LogP contribution is -2.43. The molecule has 1 aromatic carbocycles. The zero-order chi connectivity index (χ0) is 18.3. The van der Waals surface area contributed by atoms with Crippen molar-refractivity contribution in [1.29, 1.82) is 0 Å². The highest BCUT2D eigenvalue weighted by molar-refractivity contribution is 6.33. The first-order valence-electron chi connectivity index (χ1n) is 9.55. The maximum Gasteiger partial charge on any atom is 0.252 e. The van der Waals surface area contributed by atoms with Crippen molar-refractivity contribution >= 4 is 23.4 Å².